The molecule has 0 aliphatic carbocycles. The summed E-state index contributed by atoms with van der Waals surface area (Å²) in [7, 11) is 1.80. The predicted octanol–water partition coefficient (Wildman–Crippen LogP) is 3.81. The second kappa shape index (κ2) is 13.6. The van der Waals surface area contributed by atoms with Crippen LogP contribution in [0, 0.1) is 0 Å². The molecular weight excluding hydrogens is 465 g/mol. The van der Waals surface area contributed by atoms with Gasteiger partial charge < -0.3 is 20.1 Å². The molecule has 0 radical (unpaired) electrons. The van der Waals surface area contributed by atoms with Crippen molar-refractivity contribution in [2.45, 2.75) is 38.2 Å². The molecule has 0 aromatic heterocycles. The summed E-state index contributed by atoms with van der Waals surface area (Å²) in [4.78, 5) is 4.29. The normalized spacial score (nSPS) is 18.3. The molecule has 0 amide bonds. The van der Waals surface area contributed by atoms with E-state index in [9.17, 15) is 0 Å². The highest BCUT2D eigenvalue weighted by Crippen LogP contribution is 2.20. The Labute approximate surface area is 179 Å². The number of aliphatic imine (C=N–C) groups is 1. The van der Waals surface area contributed by atoms with Crippen molar-refractivity contribution in [3.63, 3.8) is 0 Å². The SMILES string of the molecule is CCC(CNC(=NC)NCCCOC1CCOC1)c1ccc(Cl)cc1.I. The summed E-state index contributed by atoms with van der Waals surface area (Å²) in [5.41, 5.74) is 1.29. The fraction of sp³-hybridized carbons (Fsp3) is 0.632. The van der Waals surface area contributed by atoms with Gasteiger partial charge in [0.1, 0.15) is 0 Å². The third-order valence-electron chi connectivity index (χ3n) is 4.43. The Morgan fingerprint density at radius 2 is 2.12 bits per heavy atom. The molecular formula is C19H31ClIN3O2. The van der Waals surface area contributed by atoms with Gasteiger partial charge >= 0.3 is 0 Å². The van der Waals surface area contributed by atoms with Gasteiger partial charge in [-0.15, -0.1) is 24.0 Å². The summed E-state index contributed by atoms with van der Waals surface area (Å²) in [5, 5.41) is 7.53. The van der Waals surface area contributed by atoms with Crippen LogP contribution in [-0.4, -0.2) is 52.0 Å². The molecule has 1 fully saturated rings. The smallest absolute Gasteiger partial charge is 0.190 e. The van der Waals surface area contributed by atoms with Crippen LogP contribution in [0.15, 0.2) is 29.3 Å². The molecule has 5 nitrogen and oxygen atoms in total. The Morgan fingerprint density at radius 3 is 2.73 bits per heavy atom. The van der Waals surface area contributed by atoms with E-state index in [0.717, 1.165) is 63.2 Å². The minimum Gasteiger partial charge on any atom is -0.379 e. The number of hydrogen-bond acceptors (Lipinski definition) is 3. The molecule has 0 bridgehead atoms. The molecule has 7 heteroatoms. The van der Waals surface area contributed by atoms with E-state index in [1.165, 1.54) is 5.56 Å². The molecule has 0 saturated carbocycles. The Bertz CT molecular complexity index is 522. The van der Waals surface area contributed by atoms with E-state index < -0.39 is 0 Å². The van der Waals surface area contributed by atoms with Gasteiger partial charge in [-0.1, -0.05) is 30.7 Å². The van der Waals surface area contributed by atoms with Crippen LogP contribution < -0.4 is 10.6 Å². The van der Waals surface area contributed by atoms with E-state index in [2.05, 4.69) is 34.7 Å². The van der Waals surface area contributed by atoms with Gasteiger partial charge in [0.2, 0.25) is 0 Å². The van der Waals surface area contributed by atoms with Crippen molar-refractivity contribution >= 4 is 41.5 Å². The zero-order chi connectivity index (χ0) is 17.9. The van der Waals surface area contributed by atoms with E-state index in [0.29, 0.717) is 5.92 Å². The molecule has 1 aliphatic heterocycles. The van der Waals surface area contributed by atoms with Gasteiger partial charge in [-0.3, -0.25) is 4.99 Å². The van der Waals surface area contributed by atoms with Crippen molar-refractivity contribution < 1.29 is 9.47 Å². The molecule has 1 aromatic rings. The summed E-state index contributed by atoms with van der Waals surface area (Å²) in [6, 6.07) is 8.08. The molecule has 2 atom stereocenters. The molecule has 2 unspecified atom stereocenters. The third-order valence-corrected chi connectivity index (χ3v) is 4.68. The lowest BCUT2D eigenvalue weighted by molar-refractivity contribution is 0.0420. The minimum atomic E-state index is 0. The number of nitrogens with one attached hydrogen (secondary N) is 2. The van der Waals surface area contributed by atoms with Crippen LogP contribution in [0.3, 0.4) is 0 Å². The summed E-state index contributed by atoms with van der Waals surface area (Å²) < 4.78 is 11.1. The number of nitrogens with zero attached hydrogens (tertiary/aromatic N) is 1. The van der Waals surface area contributed by atoms with Gasteiger partial charge in [-0.2, -0.15) is 0 Å². The maximum Gasteiger partial charge on any atom is 0.190 e. The van der Waals surface area contributed by atoms with Gasteiger partial charge in [0.25, 0.3) is 0 Å². The van der Waals surface area contributed by atoms with Crippen LogP contribution in [0.1, 0.15) is 37.7 Å². The van der Waals surface area contributed by atoms with Crippen molar-refractivity contribution in [1.29, 1.82) is 0 Å². The van der Waals surface area contributed by atoms with Crippen LogP contribution in [0.5, 0.6) is 0 Å². The van der Waals surface area contributed by atoms with Crippen molar-refractivity contribution in [1.82, 2.24) is 10.6 Å². The molecule has 1 heterocycles. The van der Waals surface area contributed by atoms with Gasteiger partial charge in [-0.25, -0.2) is 0 Å². The minimum absolute atomic E-state index is 0. The fourth-order valence-electron chi connectivity index (χ4n) is 2.85. The molecule has 1 saturated heterocycles. The van der Waals surface area contributed by atoms with Gasteiger partial charge in [0.15, 0.2) is 5.96 Å². The number of guanidine groups is 1. The molecule has 1 aliphatic rings. The molecule has 26 heavy (non-hydrogen) atoms. The first-order chi connectivity index (χ1) is 12.2. The predicted molar refractivity (Wildman–Crippen MR) is 119 cm³/mol. The third kappa shape index (κ3) is 8.41. The zero-order valence-corrected chi connectivity index (χ0v) is 18.8. The Hall–Kier alpha value is -0.570. The first kappa shape index (κ1) is 23.5. The largest absolute Gasteiger partial charge is 0.379 e. The Morgan fingerprint density at radius 1 is 1.35 bits per heavy atom. The topological polar surface area (TPSA) is 54.9 Å². The molecule has 0 spiro atoms. The van der Waals surface area contributed by atoms with Crippen molar-refractivity contribution in [3.8, 4) is 0 Å². The Kier molecular flexibility index (Phi) is 12.3. The van der Waals surface area contributed by atoms with Gasteiger partial charge in [-0.05, 0) is 37.0 Å². The van der Waals surface area contributed by atoms with Crippen LogP contribution in [0.2, 0.25) is 5.02 Å². The Balaban J connectivity index is 0.00000338. The lowest BCUT2D eigenvalue weighted by atomic mass is 9.96. The van der Waals surface area contributed by atoms with Crippen molar-refractivity contribution in [2.24, 2.45) is 4.99 Å². The zero-order valence-electron chi connectivity index (χ0n) is 15.7. The second-order valence-corrected chi connectivity index (χ2v) is 6.68. The first-order valence-corrected chi connectivity index (χ1v) is 9.50. The monoisotopic (exact) mass is 495 g/mol. The van der Waals surface area contributed by atoms with Gasteiger partial charge in [0, 0.05) is 44.3 Å². The lowest BCUT2D eigenvalue weighted by Gasteiger charge is -2.19. The number of rotatable bonds is 9. The first-order valence-electron chi connectivity index (χ1n) is 9.12. The van der Waals surface area contributed by atoms with E-state index >= 15 is 0 Å². The summed E-state index contributed by atoms with van der Waals surface area (Å²) in [5.74, 6) is 1.26. The van der Waals surface area contributed by atoms with Crippen LogP contribution in [0.4, 0.5) is 0 Å². The number of halogens is 2. The molecule has 2 rings (SSSR count). The van der Waals surface area contributed by atoms with Crippen molar-refractivity contribution in [2.75, 3.05) is 40.0 Å². The highest BCUT2D eigenvalue weighted by Gasteiger charge is 2.15. The molecule has 1 aromatic carbocycles. The van der Waals surface area contributed by atoms with E-state index in [4.69, 9.17) is 21.1 Å². The quantitative estimate of drug-likeness (QED) is 0.237. The number of benzene rings is 1. The standard InChI is InChI=1S/C19H30ClN3O2.HI/c1-3-15(16-5-7-17(20)8-6-16)13-23-19(21-2)22-10-4-11-25-18-9-12-24-14-18;/h5-8,15,18H,3-4,9-14H2,1-2H3,(H2,21,22,23);1H. The van der Waals surface area contributed by atoms with E-state index in [1.807, 2.05) is 12.1 Å². The fourth-order valence-corrected chi connectivity index (χ4v) is 2.97. The average Bonchev–Trinajstić information content (AvgIpc) is 3.15. The maximum absolute atomic E-state index is 5.97. The van der Waals surface area contributed by atoms with Gasteiger partial charge in [0.05, 0.1) is 12.7 Å². The number of hydrogen-bond donors (Lipinski definition) is 2. The highest BCUT2D eigenvalue weighted by atomic mass is 127. The average molecular weight is 496 g/mol. The lowest BCUT2D eigenvalue weighted by Crippen LogP contribution is -2.40. The maximum atomic E-state index is 5.97. The van der Waals surface area contributed by atoms with E-state index in [-0.39, 0.29) is 30.1 Å². The summed E-state index contributed by atoms with van der Waals surface area (Å²) >= 11 is 5.97. The summed E-state index contributed by atoms with van der Waals surface area (Å²) in [6.45, 7) is 6.19. The summed E-state index contributed by atoms with van der Waals surface area (Å²) in [6.07, 6.45) is 3.30. The van der Waals surface area contributed by atoms with Crippen LogP contribution in [0.25, 0.3) is 0 Å². The highest BCUT2D eigenvalue weighted by molar-refractivity contribution is 14.0. The second-order valence-electron chi connectivity index (χ2n) is 6.25. The number of ether oxygens (including phenoxy) is 2. The molecule has 2 N–H and O–H groups in total. The van der Waals surface area contributed by atoms with Crippen LogP contribution in [-0.2, 0) is 9.47 Å². The van der Waals surface area contributed by atoms with E-state index in [1.54, 1.807) is 7.05 Å². The molecule has 148 valence electrons. The van der Waals surface area contributed by atoms with Crippen LogP contribution >= 0.6 is 35.6 Å². The van der Waals surface area contributed by atoms with Crippen molar-refractivity contribution in [3.05, 3.63) is 34.9 Å².